The molecule has 0 unspecified atom stereocenters. The van der Waals surface area contributed by atoms with Crippen LogP contribution in [0.15, 0.2) is 48.9 Å². The number of anilines is 3. The van der Waals surface area contributed by atoms with Gasteiger partial charge in [-0.05, 0) is 66.1 Å². The van der Waals surface area contributed by atoms with Gasteiger partial charge in [-0.25, -0.2) is 9.78 Å². The summed E-state index contributed by atoms with van der Waals surface area (Å²) in [6, 6.07) is 8.10. The van der Waals surface area contributed by atoms with Crippen molar-refractivity contribution in [1.82, 2.24) is 30.2 Å². The number of ether oxygens (including phenoxy) is 2. The molecule has 5 rings (SSSR count). The zero-order chi connectivity index (χ0) is 32.6. The average Bonchev–Trinajstić information content (AvgIpc) is 3.70. The summed E-state index contributed by atoms with van der Waals surface area (Å²) in [7, 11) is 1.21. The van der Waals surface area contributed by atoms with Crippen LogP contribution in [0, 0.1) is 0 Å². The molecule has 0 fully saturated rings. The third kappa shape index (κ3) is 8.12. The molecule has 3 heterocycles. The molecule has 1 aliphatic rings. The Kier molecular flexibility index (Phi) is 10.0. The lowest BCUT2D eigenvalue weighted by Gasteiger charge is -2.19. The molecule has 4 N–H and O–H groups in total. The number of rotatable bonds is 6. The lowest BCUT2D eigenvalue weighted by atomic mass is 10.0. The summed E-state index contributed by atoms with van der Waals surface area (Å²) in [6.45, 7) is 1.30. The predicted octanol–water partition coefficient (Wildman–Crippen LogP) is 4.52. The monoisotopic (exact) mass is 647 g/mol. The number of esters is 1. The fraction of sp³-hybridized carbons (Fsp3) is 0.267. The Morgan fingerprint density at radius 2 is 2.00 bits per heavy atom. The summed E-state index contributed by atoms with van der Waals surface area (Å²) < 4.78 is 11.6. The molecule has 46 heavy (non-hydrogen) atoms. The molecule has 4 aromatic rings. The van der Waals surface area contributed by atoms with Gasteiger partial charge in [0.1, 0.15) is 18.3 Å². The zero-order valence-electron chi connectivity index (χ0n) is 24.9. The van der Waals surface area contributed by atoms with Gasteiger partial charge in [-0.3, -0.25) is 19.7 Å². The highest BCUT2D eigenvalue weighted by molar-refractivity contribution is 6.30. The maximum atomic E-state index is 13.4. The number of aryl methyl sites for hydroxylation is 1. The molecule has 3 amide bonds. The molecule has 2 bridgehead atoms. The average molecular weight is 648 g/mol. The second-order valence-corrected chi connectivity index (χ2v) is 10.8. The van der Waals surface area contributed by atoms with E-state index in [1.54, 1.807) is 30.5 Å². The van der Waals surface area contributed by atoms with Gasteiger partial charge in [-0.15, -0.1) is 5.10 Å². The van der Waals surface area contributed by atoms with Gasteiger partial charge in [0, 0.05) is 41.3 Å². The number of amides is 3. The Morgan fingerprint density at radius 1 is 1.15 bits per heavy atom. The molecule has 0 radical (unpaired) electrons. The highest BCUT2D eigenvalue weighted by Crippen LogP contribution is 2.38. The first kappa shape index (κ1) is 31.8. The van der Waals surface area contributed by atoms with E-state index in [0.29, 0.717) is 52.6 Å². The summed E-state index contributed by atoms with van der Waals surface area (Å²) in [5, 5.41) is 19.9. The van der Waals surface area contributed by atoms with Crippen LogP contribution >= 0.6 is 11.6 Å². The van der Waals surface area contributed by atoms with Crippen molar-refractivity contribution in [3.63, 3.8) is 0 Å². The van der Waals surface area contributed by atoms with E-state index in [1.165, 1.54) is 43.3 Å². The SMILES string of the molecule is COC(=O)Nc1cc(NC(=O)C=Cc2cc(Cl)ccc2-n2cnnn2)c2c(c1)NC(=O)C[C@@H](OC(C)=O)CCCCc1ncc-2[nH]1. The van der Waals surface area contributed by atoms with Crippen molar-refractivity contribution in [2.75, 3.05) is 23.1 Å². The van der Waals surface area contributed by atoms with Crippen LogP contribution in [0.5, 0.6) is 0 Å². The zero-order valence-corrected chi connectivity index (χ0v) is 25.6. The number of imidazole rings is 1. The fourth-order valence-corrected chi connectivity index (χ4v) is 5.16. The number of benzene rings is 2. The number of hydrogen-bond donors (Lipinski definition) is 4. The number of carbonyl (C=O) groups excluding carboxylic acids is 4. The first-order chi connectivity index (χ1) is 22.2. The molecule has 1 aliphatic heterocycles. The number of tetrazole rings is 1. The minimum Gasteiger partial charge on any atom is -0.462 e. The molecule has 0 aliphatic carbocycles. The van der Waals surface area contributed by atoms with E-state index in [2.05, 4.69) is 41.4 Å². The summed E-state index contributed by atoms with van der Waals surface area (Å²) >= 11 is 6.22. The van der Waals surface area contributed by atoms with Crippen molar-refractivity contribution in [1.29, 1.82) is 0 Å². The van der Waals surface area contributed by atoms with Crippen molar-refractivity contribution < 1.29 is 28.7 Å². The van der Waals surface area contributed by atoms with Crippen molar-refractivity contribution in [2.45, 2.75) is 45.1 Å². The molecular formula is C30H30ClN9O6. The van der Waals surface area contributed by atoms with Crippen LogP contribution in [0.1, 0.15) is 44.0 Å². The van der Waals surface area contributed by atoms with Crippen molar-refractivity contribution >= 4 is 58.6 Å². The molecule has 0 spiro atoms. The number of fused-ring (bicyclic) bond motifs is 4. The molecule has 2 aromatic carbocycles. The third-order valence-corrected chi connectivity index (χ3v) is 7.17. The van der Waals surface area contributed by atoms with E-state index in [9.17, 15) is 19.2 Å². The van der Waals surface area contributed by atoms with E-state index in [0.717, 1.165) is 6.42 Å². The van der Waals surface area contributed by atoms with E-state index >= 15 is 0 Å². The van der Waals surface area contributed by atoms with Crippen molar-refractivity contribution in [3.05, 3.63) is 65.3 Å². The first-order valence-corrected chi connectivity index (χ1v) is 14.6. The van der Waals surface area contributed by atoms with Crippen LogP contribution in [0.3, 0.4) is 0 Å². The highest BCUT2D eigenvalue weighted by atomic mass is 35.5. The molecule has 1 atom stereocenters. The maximum absolute atomic E-state index is 13.4. The number of halogens is 1. The number of hydrogen-bond acceptors (Lipinski definition) is 10. The standard InChI is InChI=1S/C30H30ClN9O6/c1-17(41)46-21-5-3-4-6-26-32-15-24(35-26)29-22(12-20(34-30(44)45-2)13-23(29)37-28(43)14-21)36-27(42)10-7-18-11-19(31)8-9-25(18)40-16-33-38-39-40/h7-13,15-16,21H,3-6,14H2,1-2H3,(H,32,35)(H,34,44)(H,36,42)(H,37,43)/t21-/m0/s1. The number of nitrogens with one attached hydrogen (secondary N) is 4. The van der Waals surface area contributed by atoms with E-state index in [1.807, 2.05) is 0 Å². The largest absolute Gasteiger partial charge is 0.462 e. The summed E-state index contributed by atoms with van der Waals surface area (Å²) in [6.07, 6.45) is 6.95. The van der Waals surface area contributed by atoms with Gasteiger partial charge >= 0.3 is 12.1 Å². The van der Waals surface area contributed by atoms with Crippen LogP contribution in [-0.2, 0) is 30.3 Å². The number of H-pyrrole nitrogens is 1. The maximum Gasteiger partial charge on any atom is 0.411 e. The smallest absolute Gasteiger partial charge is 0.411 e. The lowest BCUT2D eigenvalue weighted by molar-refractivity contribution is -0.147. The number of aromatic amines is 1. The first-order valence-electron chi connectivity index (χ1n) is 14.2. The molecule has 15 nitrogen and oxygen atoms in total. The third-order valence-electron chi connectivity index (χ3n) is 6.93. The van der Waals surface area contributed by atoms with Crippen LogP contribution in [0.4, 0.5) is 21.9 Å². The number of nitrogens with zero attached hydrogens (tertiary/aromatic N) is 5. The minimum absolute atomic E-state index is 0.0885. The van der Waals surface area contributed by atoms with Gasteiger partial charge in [0.25, 0.3) is 0 Å². The molecule has 2 aromatic heterocycles. The van der Waals surface area contributed by atoms with Crippen LogP contribution in [0.2, 0.25) is 5.02 Å². The molecule has 16 heteroatoms. The van der Waals surface area contributed by atoms with Crippen LogP contribution in [-0.4, -0.2) is 67.3 Å². The van der Waals surface area contributed by atoms with Gasteiger partial charge < -0.3 is 25.1 Å². The number of methoxy groups -OCH3 is 1. The molecule has 0 saturated carbocycles. The van der Waals surface area contributed by atoms with Crippen molar-refractivity contribution in [2.24, 2.45) is 0 Å². The molecule has 238 valence electrons. The topological polar surface area (TPSA) is 195 Å². The van der Waals surface area contributed by atoms with E-state index in [4.69, 9.17) is 21.1 Å². The number of aromatic nitrogens is 6. The summed E-state index contributed by atoms with van der Waals surface area (Å²) in [5.41, 5.74) is 2.79. The Bertz CT molecular complexity index is 1790. The minimum atomic E-state index is -0.761. The Labute approximate surface area is 267 Å². The second kappa shape index (κ2) is 14.5. The fourth-order valence-electron chi connectivity index (χ4n) is 4.98. The quantitative estimate of drug-likeness (QED) is 0.171. The van der Waals surface area contributed by atoms with Gasteiger partial charge in [-0.1, -0.05) is 11.6 Å². The molecule has 0 saturated heterocycles. The Hall–Kier alpha value is -5.57. The predicted molar refractivity (Wildman–Crippen MR) is 168 cm³/mol. The second-order valence-electron chi connectivity index (χ2n) is 10.3. The lowest BCUT2D eigenvalue weighted by Crippen LogP contribution is -2.24. The Morgan fingerprint density at radius 3 is 2.76 bits per heavy atom. The summed E-state index contributed by atoms with van der Waals surface area (Å²) in [4.78, 5) is 58.3. The van der Waals surface area contributed by atoms with Gasteiger partial charge in [0.15, 0.2) is 0 Å². The van der Waals surface area contributed by atoms with Gasteiger partial charge in [-0.2, -0.15) is 4.68 Å². The van der Waals surface area contributed by atoms with Crippen LogP contribution < -0.4 is 16.0 Å². The summed E-state index contributed by atoms with van der Waals surface area (Å²) in [5.74, 6) is -0.761. The van der Waals surface area contributed by atoms with Gasteiger partial charge in [0.2, 0.25) is 11.8 Å². The molecular weight excluding hydrogens is 618 g/mol. The van der Waals surface area contributed by atoms with Gasteiger partial charge in [0.05, 0.1) is 42.5 Å². The van der Waals surface area contributed by atoms with E-state index in [-0.39, 0.29) is 23.5 Å². The van der Waals surface area contributed by atoms with Crippen LogP contribution in [0.25, 0.3) is 23.0 Å². The highest BCUT2D eigenvalue weighted by Gasteiger charge is 2.23. The Balaban J connectivity index is 1.53. The van der Waals surface area contributed by atoms with E-state index < -0.39 is 30.0 Å². The number of carbonyl (C=O) groups is 4. The normalized spacial score (nSPS) is 15.0. The van der Waals surface area contributed by atoms with Crippen molar-refractivity contribution in [3.8, 4) is 16.9 Å².